The fourth-order valence-electron chi connectivity index (χ4n) is 2.52. The highest BCUT2D eigenvalue weighted by Crippen LogP contribution is 2.31. The molecule has 0 unspecified atom stereocenters. The number of hydrogen-bond donors (Lipinski definition) is 1. The lowest BCUT2D eigenvalue weighted by molar-refractivity contribution is -0.121. The van der Waals surface area contributed by atoms with Crippen LogP contribution in [0.25, 0.3) is 0 Å². The summed E-state index contributed by atoms with van der Waals surface area (Å²) >= 11 is 6.02. The molecule has 0 radical (unpaired) electrons. The van der Waals surface area contributed by atoms with Crippen LogP contribution in [0.5, 0.6) is 5.75 Å². The Labute approximate surface area is 156 Å². The third kappa shape index (κ3) is 5.46. The van der Waals surface area contributed by atoms with Gasteiger partial charge in [0, 0.05) is 25.0 Å². The molecular formula is C19H20ClFN2O3. The van der Waals surface area contributed by atoms with Gasteiger partial charge in [0.15, 0.2) is 0 Å². The predicted molar refractivity (Wildman–Crippen MR) is 99.1 cm³/mol. The molecule has 1 N–H and O–H groups in total. The van der Waals surface area contributed by atoms with Crippen LogP contribution in [0.15, 0.2) is 42.5 Å². The molecule has 0 saturated heterocycles. The van der Waals surface area contributed by atoms with E-state index < -0.39 is 0 Å². The number of ether oxygens (including phenoxy) is 1. The monoisotopic (exact) mass is 378 g/mol. The van der Waals surface area contributed by atoms with Crippen molar-refractivity contribution in [2.24, 2.45) is 0 Å². The second-order valence-electron chi connectivity index (χ2n) is 5.64. The molecule has 2 aromatic carbocycles. The highest BCUT2D eigenvalue weighted by Gasteiger charge is 2.17. The molecule has 0 heterocycles. The number of nitrogens with one attached hydrogen (secondary N) is 1. The Morgan fingerprint density at radius 1 is 1.23 bits per heavy atom. The Hall–Kier alpha value is -2.60. The lowest BCUT2D eigenvalue weighted by atomic mass is 10.1. The maximum atomic E-state index is 13.2. The van der Waals surface area contributed by atoms with Crippen LogP contribution in [0.4, 0.5) is 10.1 Å². The number of rotatable bonds is 7. The molecule has 0 aliphatic heterocycles. The van der Waals surface area contributed by atoms with Crippen molar-refractivity contribution in [3.8, 4) is 5.75 Å². The zero-order valence-corrected chi connectivity index (χ0v) is 15.3. The quantitative estimate of drug-likeness (QED) is 0.805. The van der Waals surface area contributed by atoms with Crippen molar-refractivity contribution in [2.75, 3.05) is 25.1 Å². The molecule has 2 rings (SSSR count). The van der Waals surface area contributed by atoms with Crippen LogP contribution < -0.4 is 15.0 Å². The van der Waals surface area contributed by atoms with Crippen LogP contribution >= 0.6 is 11.6 Å². The van der Waals surface area contributed by atoms with Crippen LogP contribution in [0.3, 0.4) is 0 Å². The summed E-state index contributed by atoms with van der Waals surface area (Å²) in [5.41, 5.74) is 1.12. The fraction of sp³-hybridized carbons (Fsp3) is 0.263. The van der Waals surface area contributed by atoms with E-state index in [9.17, 15) is 14.0 Å². The number of hydrogen-bond acceptors (Lipinski definition) is 3. The van der Waals surface area contributed by atoms with E-state index in [4.69, 9.17) is 16.3 Å². The normalized spacial score (nSPS) is 10.3. The smallest absolute Gasteiger partial charge is 0.224 e. The van der Waals surface area contributed by atoms with E-state index in [-0.39, 0.29) is 37.1 Å². The van der Waals surface area contributed by atoms with Gasteiger partial charge in [-0.3, -0.25) is 9.59 Å². The van der Waals surface area contributed by atoms with Gasteiger partial charge in [0.1, 0.15) is 11.6 Å². The third-order valence-corrected chi connectivity index (χ3v) is 3.96. The van der Waals surface area contributed by atoms with Gasteiger partial charge >= 0.3 is 0 Å². The van der Waals surface area contributed by atoms with Crippen molar-refractivity contribution >= 4 is 29.1 Å². The van der Waals surface area contributed by atoms with Gasteiger partial charge in [-0.05, 0) is 35.9 Å². The van der Waals surface area contributed by atoms with E-state index >= 15 is 0 Å². The van der Waals surface area contributed by atoms with Crippen molar-refractivity contribution in [1.82, 2.24) is 5.32 Å². The molecule has 0 saturated carbocycles. The third-order valence-electron chi connectivity index (χ3n) is 3.72. The Kier molecular flexibility index (Phi) is 6.97. The fourth-order valence-corrected chi connectivity index (χ4v) is 2.69. The molecule has 26 heavy (non-hydrogen) atoms. The molecular weight excluding hydrogens is 359 g/mol. The zero-order chi connectivity index (χ0) is 19.1. The lowest BCUT2D eigenvalue weighted by Crippen LogP contribution is -2.38. The molecule has 0 bridgehead atoms. The zero-order valence-electron chi connectivity index (χ0n) is 14.6. The van der Waals surface area contributed by atoms with Crippen molar-refractivity contribution < 1.29 is 18.7 Å². The molecule has 5 nitrogen and oxygen atoms in total. The van der Waals surface area contributed by atoms with Gasteiger partial charge in [-0.25, -0.2) is 4.39 Å². The first kappa shape index (κ1) is 19.7. The van der Waals surface area contributed by atoms with Gasteiger partial charge < -0.3 is 15.0 Å². The number of carbonyl (C=O) groups excluding carboxylic acids is 2. The topological polar surface area (TPSA) is 58.6 Å². The average Bonchev–Trinajstić information content (AvgIpc) is 2.58. The first-order valence-corrected chi connectivity index (χ1v) is 8.41. The van der Waals surface area contributed by atoms with E-state index in [0.717, 1.165) is 0 Å². The van der Waals surface area contributed by atoms with Gasteiger partial charge in [-0.2, -0.15) is 0 Å². The summed E-state index contributed by atoms with van der Waals surface area (Å²) in [6.45, 7) is 1.92. The first-order chi connectivity index (χ1) is 12.4. The van der Waals surface area contributed by atoms with E-state index in [1.165, 1.54) is 31.1 Å². The average molecular weight is 379 g/mol. The van der Waals surface area contributed by atoms with E-state index in [0.29, 0.717) is 22.0 Å². The highest BCUT2D eigenvalue weighted by molar-refractivity contribution is 6.31. The molecule has 7 heteroatoms. The first-order valence-electron chi connectivity index (χ1n) is 8.03. The molecule has 0 spiro atoms. The molecule has 0 aliphatic carbocycles. The van der Waals surface area contributed by atoms with Gasteiger partial charge in [0.2, 0.25) is 11.8 Å². The number of anilines is 1. The maximum absolute atomic E-state index is 13.2. The van der Waals surface area contributed by atoms with Crippen LogP contribution in [0.1, 0.15) is 12.5 Å². The SMILES string of the molecule is COc1ccc(Cl)cc1N(CCNC(=O)Cc1cccc(F)c1)C(C)=O. The minimum atomic E-state index is -0.383. The predicted octanol–water partition coefficient (Wildman–Crippen LogP) is 3.20. The summed E-state index contributed by atoms with van der Waals surface area (Å²) < 4.78 is 18.4. The van der Waals surface area contributed by atoms with Gasteiger partial charge in [0.25, 0.3) is 0 Å². The second kappa shape index (κ2) is 9.20. The maximum Gasteiger partial charge on any atom is 0.224 e. The minimum absolute atomic E-state index is 0.0678. The summed E-state index contributed by atoms with van der Waals surface area (Å²) in [6, 6.07) is 10.9. The number of nitrogens with zero attached hydrogens (tertiary/aromatic N) is 1. The van der Waals surface area contributed by atoms with Crippen molar-refractivity contribution in [1.29, 1.82) is 0 Å². The number of halogens is 2. The van der Waals surface area contributed by atoms with Crippen LogP contribution in [-0.2, 0) is 16.0 Å². The Morgan fingerprint density at radius 3 is 2.65 bits per heavy atom. The Bertz CT molecular complexity index is 798. The number of amides is 2. The van der Waals surface area contributed by atoms with Crippen molar-refractivity contribution in [3.05, 3.63) is 58.9 Å². The van der Waals surface area contributed by atoms with Gasteiger partial charge in [0.05, 0.1) is 19.2 Å². The molecule has 0 fully saturated rings. The Morgan fingerprint density at radius 2 is 2.00 bits per heavy atom. The second-order valence-corrected chi connectivity index (χ2v) is 6.08. The molecule has 0 aromatic heterocycles. The van der Waals surface area contributed by atoms with E-state index in [1.54, 1.807) is 30.3 Å². The Balaban J connectivity index is 1.98. The highest BCUT2D eigenvalue weighted by atomic mass is 35.5. The van der Waals surface area contributed by atoms with Crippen LogP contribution in [-0.4, -0.2) is 32.0 Å². The summed E-state index contributed by atoms with van der Waals surface area (Å²) in [5.74, 6) is -0.330. The minimum Gasteiger partial charge on any atom is -0.495 e. The summed E-state index contributed by atoms with van der Waals surface area (Å²) in [7, 11) is 1.51. The summed E-state index contributed by atoms with van der Waals surface area (Å²) in [6.07, 6.45) is 0.0678. The molecule has 0 aliphatic rings. The van der Waals surface area contributed by atoms with E-state index in [1.807, 2.05) is 0 Å². The van der Waals surface area contributed by atoms with Gasteiger partial charge in [-0.1, -0.05) is 23.7 Å². The molecule has 2 amide bonds. The summed E-state index contributed by atoms with van der Waals surface area (Å²) in [4.78, 5) is 25.5. The number of methoxy groups -OCH3 is 1. The molecule has 0 atom stereocenters. The van der Waals surface area contributed by atoms with Crippen molar-refractivity contribution in [2.45, 2.75) is 13.3 Å². The van der Waals surface area contributed by atoms with Crippen molar-refractivity contribution in [3.63, 3.8) is 0 Å². The lowest BCUT2D eigenvalue weighted by Gasteiger charge is -2.23. The van der Waals surface area contributed by atoms with Crippen LogP contribution in [0.2, 0.25) is 5.02 Å². The summed E-state index contributed by atoms with van der Waals surface area (Å²) in [5, 5.41) is 3.20. The largest absolute Gasteiger partial charge is 0.495 e. The molecule has 2 aromatic rings. The van der Waals surface area contributed by atoms with E-state index in [2.05, 4.69) is 5.32 Å². The number of carbonyl (C=O) groups is 2. The van der Waals surface area contributed by atoms with Crippen LogP contribution in [0, 0.1) is 5.82 Å². The van der Waals surface area contributed by atoms with Gasteiger partial charge in [-0.15, -0.1) is 0 Å². The standard InChI is InChI=1S/C19H20ClFN2O3/c1-13(24)23(17-12-15(20)6-7-18(17)26-2)9-8-22-19(25)11-14-4-3-5-16(21)10-14/h3-7,10,12H,8-9,11H2,1-2H3,(H,22,25). The number of benzene rings is 2. The molecule has 138 valence electrons.